The molecule has 82 valence electrons. The van der Waals surface area contributed by atoms with Crippen LogP contribution in [0.3, 0.4) is 0 Å². The van der Waals surface area contributed by atoms with E-state index in [0.29, 0.717) is 4.73 Å². The van der Waals surface area contributed by atoms with Crippen molar-refractivity contribution in [2.24, 2.45) is 0 Å². The van der Waals surface area contributed by atoms with Gasteiger partial charge in [0.25, 0.3) is 0 Å². The molecular formula is C14H9BrN2. The minimum absolute atomic E-state index is 0.620. The Kier molecular flexibility index (Phi) is 2.61. The van der Waals surface area contributed by atoms with Gasteiger partial charge in [-0.3, -0.25) is 0 Å². The molecule has 0 aliphatic rings. The molecule has 0 aliphatic heterocycles. The zero-order valence-corrected chi connectivity index (χ0v) is 10.6. The van der Waals surface area contributed by atoms with E-state index in [1.54, 1.807) is 0 Å². The van der Waals surface area contributed by atoms with Crippen LogP contribution in [0.1, 0.15) is 0 Å². The van der Waals surface area contributed by atoms with Crippen molar-refractivity contribution in [1.29, 1.82) is 0 Å². The molecule has 1 aromatic heterocycles. The molecule has 17 heavy (non-hydrogen) atoms. The van der Waals surface area contributed by atoms with Gasteiger partial charge in [-0.1, -0.05) is 48.5 Å². The average Bonchev–Trinajstić information content (AvgIpc) is 2.39. The lowest BCUT2D eigenvalue weighted by atomic mass is 10.1. The van der Waals surface area contributed by atoms with Crippen LogP contribution in [0.25, 0.3) is 22.2 Å². The summed E-state index contributed by atoms with van der Waals surface area (Å²) in [7, 11) is 0. The monoisotopic (exact) mass is 284 g/mol. The Labute approximate surface area is 107 Å². The standard InChI is InChI=1S/C14H9BrN2/c15-14-16-12-9-5-4-8-11(12)13(17-14)10-6-2-1-3-7-10/h1-9H. The molecule has 3 aromatic rings. The molecule has 0 saturated carbocycles. The molecule has 3 rings (SSSR count). The smallest absolute Gasteiger partial charge is 0.197 e. The fourth-order valence-corrected chi connectivity index (χ4v) is 2.23. The molecule has 1 heterocycles. The number of para-hydroxylation sites is 1. The number of hydrogen-bond donors (Lipinski definition) is 0. The Bertz CT molecular complexity index is 665. The molecule has 3 heteroatoms. The van der Waals surface area contributed by atoms with Gasteiger partial charge in [0.05, 0.1) is 11.2 Å². The molecule has 0 atom stereocenters. The minimum atomic E-state index is 0.620. The van der Waals surface area contributed by atoms with Crippen LogP contribution < -0.4 is 0 Å². The fraction of sp³-hybridized carbons (Fsp3) is 0. The maximum Gasteiger partial charge on any atom is 0.197 e. The molecule has 0 unspecified atom stereocenters. The van der Waals surface area contributed by atoms with E-state index in [9.17, 15) is 0 Å². The first kappa shape index (κ1) is 10.4. The molecule has 0 aliphatic carbocycles. The van der Waals surface area contributed by atoms with Crippen molar-refractivity contribution in [3.05, 3.63) is 59.3 Å². The quantitative estimate of drug-likeness (QED) is 0.630. The summed E-state index contributed by atoms with van der Waals surface area (Å²) in [5, 5.41) is 1.07. The van der Waals surface area contributed by atoms with Crippen molar-refractivity contribution >= 4 is 26.8 Å². The third kappa shape index (κ3) is 1.94. The van der Waals surface area contributed by atoms with Crippen LogP contribution in [0.4, 0.5) is 0 Å². The van der Waals surface area contributed by atoms with Crippen LogP contribution in [0, 0.1) is 0 Å². The summed E-state index contributed by atoms with van der Waals surface area (Å²) in [5.41, 5.74) is 3.02. The minimum Gasteiger partial charge on any atom is -0.222 e. The third-order valence-corrected chi connectivity index (χ3v) is 2.98. The lowest BCUT2D eigenvalue weighted by molar-refractivity contribution is 1.16. The van der Waals surface area contributed by atoms with Crippen LogP contribution in [0.15, 0.2) is 59.3 Å². The summed E-state index contributed by atoms with van der Waals surface area (Å²) < 4.78 is 0.620. The Balaban J connectivity index is 2.36. The molecule has 0 bridgehead atoms. The van der Waals surface area contributed by atoms with Crippen molar-refractivity contribution in [2.75, 3.05) is 0 Å². The topological polar surface area (TPSA) is 25.8 Å². The number of aromatic nitrogens is 2. The van der Waals surface area contributed by atoms with Gasteiger partial charge in [0.2, 0.25) is 0 Å². The van der Waals surface area contributed by atoms with Crippen LogP contribution in [-0.2, 0) is 0 Å². The molecule has 0 saturated heterocycles. The zero-order chi connectivity index (χ0) is 11.7. The summed E-state index contributed by atoms with van der Waals surface area (Å²) in [6.07, 6.45) is 0. The summed E-state index contributed by atoms with van der Waals surface area (Å²) in [6.45, 7) is 0. The molecule has 0 spiro atoms. The first-order valence-corrected chi connectivity index (χ1v) is 6.11. The number of benzene rings is 2. The van der Waals surface area contributed by atoms with E-state index in [2.05, 4.69) is 38.0 Å². The lowest BCUT2D eigenvalue weighted by Gasteiger charge is -2.05. The molecule has 0 amide bonds. The maximum atomic E-state index is 4.48. The van der Waals surface area contributed by atoms with Crippen molar-refractivity contribution in [1.82, 2.24) is 9.97 Å². The summed E-state index contributed by atoms with van der Waals surface area (Å²) >= 11 is 3.36. The molecule has 0 radical (unpaired) electrons. The first-order valence-electron chi connectivity index (χ1n) is 5.32. The van der Waals surface area contributed by atoms with Gasteiger partial charge in [0, 0.05) is 10.9 Å². The van der Waals surface area contributed by atoms with E-state index in [1.807, 2.05) is 42.5 Å². The second-order valence-corrected chi connectivity index (χ2v) is 4.43. The Morgan fingerprint density at radius 3 is 2.29 bits per heavy atom. The van der Waals surface area contributed by atoms with E-state index in [4.69, 9.17) is 0 Å². The van der Waals surface area contributed by atoms with Gasteiger partial charge < -0.3 is 0 Å². The highest BCUT2D eigenvalue weighted by molar-refractivity contribution is 9.10. The number of fused-ring (bicyclic) bond motifs is 1. The van der Waals surface area contributed by atoms with E-state index >= 15 is 0 Å². The molecule has 0 N–H and O–H groups in total. The normalized spacial score (nSPS) is 10.6. The van der Waals surface area contributed by atoms with Crippen LogP contribution in [-0.4, -0.2) is 9.97 Å². The number of halogens is 1. The van der Waals surface area contributed by atoms with Gasteiger partial charge in [0.1, 0.15) is 0 Å². The van der Waals surface area contributed by atoms with Crippen LogP contribution >= 0.6 is 15.9 Å². The van der Waals surface area contributed by atoms with Crippen molar-refractivity contribution in [3.63, 3.8) is 0 Å². The summed E-state index contributed by atoms with van der Waals surface area (Å²) in [5.74, 6) is 0. The second kappa shape index (κ2) is 4.26. The lowest BCUT2D eigenvalue weighted by Crippen LogP contribution is -1.90. The fourth-order valence-electron chi connectivity index (χ4n) is 1.86. The highest BCUT2D eigenvalue weighted by Gasteiger charge is 2.07. The summed E-state index contributed by atoms with van der Waals surface area (Å²) in [4.78, 5) is 8.84. The highest BCUT2D eigenvalue weighted by Crippen LogP contribution is 2.26. The Morgan fingerprint density at radius 1 is 0.765 bits per heavy atom. The molecular weight excluding hydrogens is 276 g/mol. The van der Waals surface area contributed by atoms with Crippen molar-refractivity contribution in [3.8, 4) is 11.3 Å². The maximum absolute atomic E-state index is 4.48. The van der Waals surface area contributed by atoms with Crippen LogP contribution in [0.2, 0.25) is 0 Å². The van der Waals surface area contributed by atoms with Gasteiger partial charge in [-0.05, 0) is 22.0 Å². The van der Waals surface area contributed by atoms with Crippen LogP contribution in [0.5, 0.6) is 0 Å². The van der Waals surface area contributed by atoms with Crippen molar-refractivity contribution < 1.29 is 0 Å². The average molecular weight is 285 g/mol. The SMILES string of the molecule is Brc1nc(-c2ccccc2)c2ccccc2n1. The molecule has 2 aromatic carbocycles. The number of hydrogen-bond acceptors (Lipinski definition) is 2. The van der Waals surface area contributed by atoms with E-state index < -0.39 is 0 Å². The molecule has 2 nitrogen and oxygen atoms in total. The predicted molar refractivity (Wildman–Crippen MR) is 72.7 cm³/mol. The van der Waals surface area contributed by atoms with Crippen molar-refractivity contribution in [2.45, 2.75) is 0 Å². The molecule has 0 fully saturated rings. The largest absolute Gasteiger partial charge is 0.222 e. The van der Waals surface area contributed by atoms with Gasteiger partial charge in [-0.25, -0.2) is 9.97 Å². The highest BCUT2D eigenvalue weighted by atomic mass is 79.9. The second-order valence-electron chi connectivity index (χ2n) is 3.72. The van der Waals surface area contributed by atoms with Gasteiger partial charge in [0.15, 0.2) is 4.73 Å². The first-order chi connectivity index (χ1) is 8.34. The number of nitrogens with zero attached hydrogens (tertiary/aromatic N) is 2. The van der Waals surface area contributed by atoms with Gasteiger partial charge in [-0.2, -0.15) is 0 Å². The number of rotatable bonds is 1. The van der Waals surface area contributed by atoms with E-state index in [0.717, 1.165) is 22.2 Å². The summed E-state index contributed by atoms with van der Waals surface area (Å²) in [6, 6.07) is 18.2. The predicted octanol–water partition coefficient (Wildman–Crippen LogP) is 4.06. The third-order valence-electron chi connectivity index (χ3n) is 2.62. The zero-order valence-electron chi connectivity index (χ0n) is 8.97. The van der Waals surface area contributed by atoms with E-state index in [1.165, 1.54) is 0 Å². The Morgan fingerprint density at radius 2 is 1.47 bits per heavy atom. The van der Waals surface area contributed by atoms with Gasteiger partial charge >= 0.3 is 0 Å². The van der Waals surface area contributed by atoms with E-state index in [-0.39, 0.29) is 0 Å². The Hall–Kier alpha value is -1.74. The van der Waals surface area contributed by atoms with Gasteiger partial charge in [-0.15, -0.1) is 0 Å².